The molecule has 0 unspecified atom stereocenters. The van der Waals surface area contributed by atoms with Gasteiger partial charge in [0.25, 0.3) is 0 Å². The fraction of sp³-hybridized carbons (Fsp3) is 0.333. The predicted octanol–water partition coefficient (Wildman–Crippen LogP) is 3.23. The van der Waals surface area contributed by atoms with Crippen LogP contribution in [0.2, 0.25) is 0 Å². The van der Waals surface area contributed by atoms with E-state index in [4.69, 9.17) is 9.47 Å². The molecule has 0 atom stereocenters. The molecular formula is C15H19NO2S. The van der Waals surface area contributed by atoms with Crippen LogP contribution in [0.3, 0.4) is 0 Å². The number of methoxy groups -OCH3 is 1. The summed E-state index contributed by atoms with van der Waals surface area (Å²) in [5, 5.41) is 7.73. The van der Waals surface area contributed by atoms with Gasteiger partial charge in [0.15, 0.2) is 11.5 Å². The number of nitrogens with one attached hydrogen (secondary N) is 1. The zero-order valence-electron chi connectivity index (χ0n) is 11.3. The van der Waals surface area contributed by atoms with Gasteiger partial charge in [0.05, 0.1) is 7.11 Å². The van der Waals surface area contributed by atoms with E-state index in [0.29, 0.717) is 6.61 Å². The van der Waals surface area contributed by atoms with Crippen molar-refractivity contribution in [2.45, 2.75) is 13.5 Å². The first kappa shape index (κ1) is 13.9. The highest BCUT2D eigenvalue weighted by Crippen LogP contribution is 2.25. The van der Waals surface area contributed by atoms with Crippen molar-refractivity contribution >= 4 is 11.3 Å². The van der Waals surface area contributed by atoms with E-state index >= 15 is 0 Å². The number of para-hydroxylation sites is 2. The Morgan fingerprint density at radius 3 is 2.63 bits per heavy atom. The second-order valence-corrected chi connectivity index (χ2v) is 5.00. The normalized spacial score (nSPS) is 10.4. The first-order chi connectivity index (χ1) is 9.31. The molecule has 0 aliphatic carbocycles. The number of benzene rings is 1. The molecule has 1 aromatic heterocycles. The topological polar surface area (TPSA) is 30.5 Å². The van der Waals surface area contributed by atoms with Gasteiger partial charge in [0.1, 0.15) is 6.61 Å². The van der Waals surface area contributed by atoms with E-state index in [-0.39, 0.29) is 0 Å². The Balaban J connectivity index is 1.71. The van der Waals surface area contributed by atoms with E-state index in [0.717, 1.165) is 24.6 Å². The standard InChI is InChI=1S/C15H19NO2S/c1-12-10-19-11-13(12)9-16-7-8-18-15-6-4-3-5-14(15)17-2/h3-6,10-11,16H,7-9H2,1-2H3. The van der Waals surface area contributed by atoms with Gasteiger partial charge in [-0.1, -0.05) is 12.1 Å². The van der Waals surface area contributed by atoms with Crippen LogP contribution in [0.5, 0.6) is 11.5 Å². The lowest BCUT2D eigenvalue weighted by molar-refractivity contribution is 0.292. The average molecular weight is 277 g/mol. The van der Waals surface area contributed by atoms with Crippen LogP contribution in [0.25, 0.3) is 0 Å². The van der Waals surface area contributed by atoms with Gasteiger partial charge in [-0.25, -0.2) is 0 Å². The largest absolute Gasteiger partial charge is 0.493 e. The molecule has 19 heavy (non-hydrogen) atoms. The highest BCUT2D eigenvalue weighted by Gasteiger charge is 2.02. The van der Waals surface area contributed by atoms with Crippen LogP contribution in [0, 0.1) is 6.92 Å². The third-order valence-corrected chi connectivity index (χ3v) is 3.79. The summed E-state index contributed by atoms with van der Waals surface area (Å²) in [6.07, 6.45) is 0. The van der Waals surface area contributed by atoms with Crippen LogP contribution in [-0.2, 0) is 6.54 Å². The Labute approximate surface area is 118 Å². The smallest absolute Gasteiger partial charge is 0.161 e. The Morgan fingerprint density at radius 1 is 1.16 bits per heavy atom. The van der Waals surface area contributed by atoms with Gasteiger partial charge in [-0.15, -0.1) is 0 Å². The van der Waals surface area contributed by atoms with Gasteiger partial charge in [-0.2, -0.15) is 11.3 Å². The number of hydrogen-bond acceptors (Lipinski definition) is 4. The molecule has 4 heteroatoms. The fourth-order valence-corrected chi connectivity index (χ4v) is 2.62. The minimum absolute atomic E-state index is 0.629. The van der Waals surface area contributed by atoms with Crippen molar-refractivity contribution in [2.24, 2.45) is 0 Å². The zero-order chi connectivity index (χ0) is 13.5. The zero-order valence-corrected chi connectivity index (χ0v) is 12.1. The van der Waals surface area contributed by atoms with Crippen LogP contribution < -0.4 is 14.8 Å². The molecule has 1 N–H and O–H groups in total. The molecule has 0 bridgehead atoms. The molecule has 0 amide bonds. The molecule has 102 valence electrons. The summed E-state index contributed by atoms with van der Waals surface area (Å²) in [5.74, 6) is 1.56. The van der Waals surface area contributed by atoms with Gasteiger partial charge in [-0.3, -0.25) is 0 Å². The lowest BCUT2D eigenvalue weighted by Crippen LogP contribution is -2.20. The lowest BCUT2D eigenvalue weighted by Gasteiger charge is -2.10. The number of ether oxygens (including phenoxy) is 2. The summed E-state index contributed by atoms with van der Waals surface area (Å²) in [6, 6.07) is 7.70. The maximum Gasteiger partial charge on any atom is 0.161 e. The molecule has 0 radical (unpaired) electrons. The maximum atomic E-state index is 5.69. The summed E-state index contributed by atoms with van der Waals surface area (Å²) in [7, 11) is 1.65. The summed E-state index contributed by atoms with van der Waals surface area (Å²) in [4.78, 5) is 0. The molecule has 3 nitrogen and oxygen atoms in total. The minimum Gasteiger partial charge on any atom is -0.493 e. The molecule has 0 aliphatic heterocycles. The van der Waals surface area contributed by atoms with E-state index in [1.807, 2.05) is 24.3 Å². The van der Waals surface area contributed by atoms with Crippen molar-refractivity contribution in [3.8, 4) is 11.5 Å². The number of hydrogen-bond donors (Lipinski definition) is 1. The SMILES string of the molecule is COc1ccccc1OCCNCc1cscc1C. The Hall–Kier alpha value is -1.52. The van der Waals surface area contributed by atoms with Gasteiger partial charge in [0.2, 0.25) is 0 Å². The highest BCUT2D eigenvalue weighted by atomic mass is 32.1. The Bertz CT molecular complexity index is 510. The van der Waals surface area contributed by atoms with Gasteiger partial charge in [0, 0.05) is 13.1 Å². The van der Waals surface area contributed by atoms with Crippen molar-refractivity contribution in [3.05, 3.63) is 46.2 Å². The second-order valence-electron chi connectivity index (χ2n) is 4.26. The molecule has 0 spiro atoms. The van der Waals surface area contributed by atoms with Crippen molar-refractivity contribution in [1.29, 1.82) is 0 Å². The van der Waals surface area contributed by atoms with E-state index in [2.05, 4.69) is 23.0 Å². The summed E-state index contributed by atoms with van der Waals surface area (Å²) in [5.41, 5.74) is 2.71. The van der Waals surface area contributed by atoms with Crippen LogP contribution >= 0.6 is 11.3 Å². The van der Waals surface area contributed by atoms with Crippen LogP contribution in [0.1, 0.15) is 11.1 Å². The molecular weight excluding hydrogens is 258 g/mol. The molecule has 0 saturated heterocycles. The Kier molecular flexibility index (Phi) is 5.24. The molecule has 0 saturated carbocycles. The van der Waals surface area contributed by atoms with Crippen molar-refractivity contribution in [2.75, 3.05) is 20.3 Å². The monoisotopic (exact) mass is 277 g/mol. The Morgan fingerprint density at radius 2 is 1.95 bits per heavy atom. The van der Waals surface area contributed by atoms with Crippen LogP contribution in [-0.4, -0.2) is 20.3 Å². The van der Waals surface area contributed by atoms with E-state index < -0.39 is 0 Å². The van der Waals surface area contributed by atoms with E-state index in [9.17, 15) is 0 Å². The molecule has 1 aromatic carbocycles. The number of aryl methyl sites for hydroxylation is 1. The number of rotatable bonds is 7. The maximum absolute atomic E-state index is 5.69. The van der Waals surface area contributed by atoms with Crippen molar-refractivity contribution in [3.63, 3.8) is 0 Å². The lowest BCUT2D eigenvalue weighted by atomic mass is 10.2. The minimum atomic E-state index is 0.629. The summed E-state index contributed by atoms with van der Waals surface area (Å²) < 4.78 is 10.9. The van der Waals surface area contributed by atoms with Crippen molar-refractivity contribution < 1.29 is 9.47 Å². The molecule has 0 aliphatic rings. The van der Waals surface area contributed by atoms with Crippen LogP contribution in [0.4, 0.5) is 0 Å². The van der Waals surface area contributed by atoms with Crippen LogP contribution in [0.15, 0.2) is 35.0 Å². The van der Waals surface area contributed by atoms with Crippen molar-refractivity contribution in [1.82, 2.24) is 5.32 Å². The van der Waals surface area contributed by atoms with E-state index in [1.165, 1.54) is 11.1 Å². The first-order valence-corrected chi connectivity index (χ1v) is 7.23. The van der Waals surface area contributed by atoms with Gasteiger partial charge in [-0.05, 0) is 40.9 Å². The predicted molar refractivity (Wildman–Crippen MR) is 79.3 cm³/mol. The highest BCUT2D eigenvalue weighted by molar-refractivity contribution is 7.08. The summed E-state index contributed by atoms with van der Waals surface area (Å²) >= 11 is 1.74. The quantitative estimate of drug-likeness (QED) is 0.788. The molecule has 1 heterocycles. The third-order valence-electron chi connectivity index (χ3n) is 2.88. The third kappa shape index (κ3) is 3.98. The molecule has 2 rings (SSSR count). The molecule has 2 aromatic rings. The summed E-state index contributed by atoms with van der Waals surface area (Å²) in [6.45, 7) is 4.47. The van der Waals surface area contributed by atoms with Gasteiger partial charge >= 0.3 is 0 Å². The van der Waals surface area contributed by atoms with Gasteiger partial charge < -0.3 is 14.8 Å². The second kappa shape index (κ2) is 7.16. The average Bonchev–Trinajstić information content (AvgIpc) is 2.84. The van der Waals surface area contributed by atoms with E-state index in [1.54, 1.807) is 18.4 Å². The number of thiophene rings is 1. The first-order valence-electron chi connectivity index (χ1n) is 6.29. The molecule has 0 fully saturated rings. The fourth-order valence-electron chi connectivity index (χ4n) is 1.76.